The molecule has 3 aromatic heterocycles. The zero-order chi connectivity index (χ0) is 19.4. The largest absolute Gasteiger partial charge is 0.325 e. The predicted octanol–water partition coefficient (Wildman–Crippen LogP) is 2.32. The lowest BCUT2D eigenvalue weighted by Crippen LogP contribution is -2.23. The predicted molar refractivity (Wildman–Crippen MR) is 96.1 cm³/mol. The highest BCUT2D eigenvalue weighted by Crippen LogP contribution is 2.55. The van der Waals surface area contributed by atoms with Gasteiger partial charge in [0.1, 0.15) is 0 Å². The van der Waals surface area contributed by atoms with E-state index in [2.05, 4.69) is 20.1 Å². The van der Waals surface area contributed by atoms with Gasteiger partial charge in [0.2, 0.25) is 0 Å². The summed E-state index contributed by atoms with van der Waals surface area (Å²) in [6, 6.07) is 5.69. The molecule has 5 rings (SSSR count). The first-order chi connectivity index (χ1) is 13.5. The average molecular weight is 381 g/mol. The Morgan fingerprint density at radius 2 is 1.96 bits per heavy atom. The van der Waals surface area contributed by atoms with Gasteiger partial charge in [-0.2, -0.15) is 5.10 Å². The third-order valence-electron chi connectivity index (χ3n) is 5.04. The second kappa shape index (κ2) is 5.95. The highest BCUT2D eigenvalue weighted by molar-refractivity contribution is 5.63. The Kier molecular flexibility index (Phi) is 3.51. The smallest absolute Gasteiger partial charge is 0.313 e. The van der Waals surface area contributed by atoms with Crippen molar-refractivity contribution in [2.75, 3.05) is 0 Å². The van der Waals surface area contributed by atoms with E-state index in [1.54, 1.807) is 29.0 Å². The van der Waals surface area contributed by atoms with Gasteiger partial charge in [0.15, 0.2) is 17.3 Å². The SMILES string of the molecule is O=c1[nH]cc(-c2cc(C3CC3c3ccc(F)c(F)c3)c3nccn3n2)c(=O)[nH]1. The number of aromatic nitrogens is 5. The Balaban J connectivity index is 1.60. The molecule has 9 heteroatoms. The molecule has 2 unspecified atom stereocenters. The summed E-state index contributed by atoms with van der Waals surface area (Å²) in [5, 5.41) is 4.39. The molecule has 0 saturated heterocycles. The second-order valence-electron chi connectivity index (χ2n) is 6.79. The van der Waals surface area contributed by atoms with Gasteiger partial charge in [-0.1, -0.05) is 6.07 Å². The molecule has 1 aromatic carbocycles. The Labute approximate surface area is 155 Å². The Morgan fingerprint density at radius 1 is 1.11 bits per heavy atom. The summed E-state index contributed by atoms with van der Waals surface area (Å²) in [7, 11) is 0. The third kappa shape index (κ3) is 2.63. The fourth-order valence-electron chi connectivity index (χ4n) is 3.60. The fourth-order valence-corrected chi connectivity index (χ4v) is 3.60. The van der Waals surface area contributed by atoms with Crippen LogP contribution in [0.5, 0.6) is 0 Å². The topological polar surface area (TPSA) is 95.9 Å². The van der Waals surface area contributed by atoms with Crippen LogP contribution in [-0.4, -0.2) is 24.6 Å². The molecule has 1 fully saturated rings. The lowest BCUT2D eigenvalue weighted by Gasteiger charge is -2.07. The van der Waals surface area contributed by atoms with Gasteiger partial charge in [-0.25, -0.2) is 23.1 Å². The molecule has 2 atom stereocenters. The Morgan fingerprint density at radius 3 is 2.75 bits per heavy atom. The molecule has 140 valence electrons. The number of fused-ring (bicyclic) bond motifs is 1. The molecule has 4 aromatic rings. The summed E-state index contributed by atoms with van der Waals surface area (Å²) in [5.74, 6) is -1.68. The van der Waals surface area contributed by atoms with Crippen LogP contribution in [0.1, 0.15) is 29.4 Å². The minimum Gasteiger partial charge on any atom is -0.313 e. The monoisotopic (exact) mass is 381 g/mol. The molecule has 2 N–H and O–H groups in total. The number of nitrogens with one attached hydrogen (secondary N) is 2. The van der Waals surface area contributed by atoms with Gasteiger partial charge in [0.25, 0.3) is 5.56 Å². The standard InChI is InChI=1S/C19H13F2N5O2/c20-14-2-1-9(5-15(14)21)10-6-11(10)12-7-16(25-26-4-3-22-17(12)26)13-8-23-19(28)24-18(13)27/h1-5,7-8,10-11H,6H2,(H2,23,24,27,28). The number of hydrogen-bond donors (Lipinski definition) is 2. The fraction of sp³-hybridized carbons (Fsp3) is 0.158. The summed E-state index contributed by atoms with van der Waals surface area (Å²) in [6.07, 6.45) is 5.33. The van der Waals surface area contributed by atoms with Gasteiger partial charge in [-0.05, 0) is 42.0 Å². The van der Waals surface area contributed by atoms with E-state index in [0.717, 1.165) is 18.1 Å². The van der Waals surface area contributed by atoms with Crippen molar-refractivity contribution in [2.24, 2.45) is 0 Å². The van der Waals surface area contributed by atoms with Crippen molar-refractivity contribution in [1.82, 2.24) is 24.6 Å². The first kappa shape index (κ1) is 16.5. The van der Waals surface area contributed by atoms with Crippen LogP contribution < -0.4 is 11.2 Å². The molecule has 0 amide bonds. The summed E-state index contributed by atoms with van der Waals surface area (Å²) >= 11 is 0. The Hall–Kier alpha value is -3.62. The van der Waals surface area contributed by atoms with E-state index >= 15 is 0 Å². The number of benzene rings is 1. The van der Waals surface area contributed by atoms with E-state index in [0.29, 0.717) is 16.9 Å². The van der Waals surface area contributed by atoms with E-state index in [9.17, 15) is 18.4 Å². The zero-order valence-electron chi connectivity index (χ0n) is 14.3. The van der Waals surface area contributed by atoms with Crippen molar-refractivity contribution < 1.29 is 8.78 Å². The molecule has 1 saturated carbocycles. The minimum atomic E-state index is -0.875. The number of halogens is 2. The van der Waals surface area contributed by atoms with Gasteiger partial charge in [-0.15, -0.1) is 0 Å². The average Bonchev–Trinajstić information content (AvgIpc) is 3.31. The summed E-state index contributed by atoms with van der Waals surface area (Å²) in [6.45, 7) is 0. The lowest BCUT2D eigenvalue weighted by molar-refractivity contribution is 0.507. The van der Waals surface area contributed by atoms with E-state index in [1.807, 2.05) is 0 Å². The van der Waals surface area contributed by atoms with Crippen molar-refractivity contribution in [3.05, 3.63) is 86.5 Å². The van der Waals surface area contributed by atoms with Crippen molar-refractivity contribution in [3.63, 3.8) is 0 Å². The number of aromatic amines is 2. The normalized spacial score (nSPS) is 18.5. The van der Waals surface area contributed by atoms with Crippen molar-refractivity contribution in [3.8, 4) is 11.3 Å². The maximum Gasteiger partial charge on any atom is 0.325 e. The van der Waals surface area contributed by atoms with Gasteiger partial charge >= 0.3 is 5.69 Å². The van der Waals surface area contributed by atoms with Crippen LogP contribution in [0.25, 0.3) is 16.9 Å². The molecule has 28 heavy (non-hydrogen) atoms. The molecule has 0 radical (unpaired) electrons. The van der Waals surface area contributed by atoms with Gasteiger partial charge in [0, 0.05) is 24.2 Å². The molecule has 1 aliphatic rings. The van der Waals surface area contributed by atoms with Gasteiger partial charge < -0.3 is 4.98 Å². The van der Waals surface area contributed by atoms with E-state index in [-0.39, 0.29) is 17.4 Å². The number of imidazole rings is 1. The number of H-pyrrole nitrogens is 2. The van der Waals surface area contributed by atoms with Crippen molar-refractivity contribution >= 4 is 5.65 Å². The van der Waals surface area contributed by atoms with Gasteiger partial charge in [0.05, 0.1) is 11.3 Å². The Bertz CT molecular complexity index is 1340. The summed E-state index contributed by atoms with van der Waals surface area (Å²) in [5.41, 5.74) is 1.67. The highest BCUT2D eigenvalue weighted by atomic mass is 19.2. The minimum absolute atomic E-state index is 0.0275. The van der Waals surface area contributed by atoms with E-state index < -0.39 is 22.9 Å². The molecular weight excluding hydrogens is 368 g/mol. The molecule has 1 aliphatic carbocycles. The van der Waals surface area contributed by atoms with Crippen LogP contribution in [-0.2, 0) is 0 Å². The molecule has 0 spiro atoms. The van der Waals surface area contributed by atoms with Crippen LogP contribution in [0.2, 0.25) is 0 Å². The molecule has 0 bridgehead atoms. The molecule has 3 heterocycles. The van der Waals surface area contributed by atoms with Gasteiger partial charge in [-0.3, -0.25) is 9.78 Å². The maximum atomic E-state index is 13.6. The van der Waals surface area contributed by atoms with Crippen LogP contribution in [0.15, 0.2) is 52.4 Å². The number of nitrogens with zero attached hydrogens (tertiary/aromatic N) is 3. The van der Waals surface area contributed by atoms with Crippen molar-refractivity contribution in [2.45, 2.75) is 18.3 Å². The molecule has 7 nitrogen and oxygen atoms in total. The van der Waals surface area contributed by atoms with Crippen LogP contribution in [0, 0.1) is 11.6 Å². The van der Waals surface area contributed by atoms with E-state index in [1.165, 1.54) is 12.3 Å². The van der Waals surface area contributed by atoms with Crippen LogP contribution in [0.3, 0.4) is 0 Å². The van der Waals surface area contributed by atoms with E-state index in [4.69, 9.17) is 0 Å². The first-order valence-electron chi connectivity index (χ1n) is 8.63. The number of hydrogen-bond acceptors (Lipinski definition) is 4. The van der Waals surface area contributed by atoms with Crippen molar-refractivity contribution in [1.29, 1.82) is 0 Å². The number of rotatable bonds is 3. The molecule has 0 aliphatic heterocycles. The zero-order valence-corrected chi connectivity index (χ0v) is 14.3. The van der Waals surface area contributed by atoms with Crippen LogP contribution >= 0.6 is 0 Å². The van der Waals surface area contributed by atoms with Crippen LogP contribution in [0.4, 0.5) is 8.78 Å². The maximum absolute atomic E-state index is 13.6. The third-order valence-corrected chi connectivity index (χ3v) is 5.04. The second-order valence-corrected chi connectivity index (χ2v) is 6.79. The highest BCUT2D eigenvalue weighted by Gasteiger charge is 2.41. The molecular formula is C19H13F2N5O2. The first-order valence-corrected chi connectivity index (χ1v) is 8.63. The summed E-state index contributed by atoms with van der Waals surface area (Å²) < 4.78 is 28.4. The summed E-state index contributed by atoms with van der Waals surface area (Å²) in [4.78, 5) is 32.4. The lowest BCUT2D eigenvalue weighted by atomic mass is 10.0. The quantitative estimate of drug-likeness (QED) is 0.569.